The van der Waals surface area contributed by atoms with E-state index in [0.29, 0.717) is 32.1 Å². The molecular formula is C21H16BrClFNO3. The molecule has 0 fully saturated rings. The number of anilines is 1. The Labute approximate surface area is 175 Å². The largest absolute Gasteiger partial charge is 0.496 e. The van der Waals surface area contributed by atoms with Crippen molar-refractivity contribution in [2.75, 3.05) is 12.4 Å². The van der Waals surface area contributed by atoms with Gasteiger partial charge in [-0.1, -0.05) is 39.7 Å². The van der Waals surface area contributed by atoms with Gasteiger partial charge in [-0.25, -0.2) is 4.39 Å². The molecule has 144 valence electrons. The van der Waals surface area contributed by atoms with Gasteiger partial charge in [-0.05, 0) is 48.5 Å². The molecule has 3 aromatic rings. The smallest absolute Gasteiger partial charge is 0.255 e. The number of ether oxygens (including phenoxy) is 2. The van der Waals surface area contributed by atoms with Gasteiger partial charge in [-0.2, -0.15) is 0 Å². The Morgan fingerprint density at radius 2 is 1.89 bits per heavy atom. The lowest BCUT2D eigenvalue weighted by Gasteiger charge is -2.13. The first-order chi connectivity index (χ1) is 13.5. The summed E-state index contributed by atoms with van der Waals surface area (Å²) in [6.07, 6.45) is 0. The molecule has 7 heteroatoms. The van der Waals surface area contributed by atoms with Crippen molar-refractivity contribution in [2.24, 2.45) is 0 Å². The SMILES string of the molecule is COc1ccc(C(=O)Nc2ccc(Br)cc2F)cc1COc1ccccc1Cl. The maximum absolute atomic E-state index is 14.0. The van der Waals surface area contributed by atoms with Gasteiger partial charge in [-0.15, -0.1) is 0 Å². The number of rotatable bonds is 6. The highest BCUT2D eigenvalue weighted by Gasteiger charge is 2.13. The van der Waals surface area contributed by atoms with E-state index in [1.54, 1.807) is 36.4 Å². The fourth-order valence-corrected chi connectivity index (χ4v) is 3.06. The monoisotopic (exact) mass is 463 g/mol. The van der Waals surface area contributed by atoms with Crippen LogP contribution in [0.5, 0.6) is 11.5 Å². The van der Waals surface area contributed by atoms with Gasteiger partial charge < -0.3 is 14.8 Å². The third-order valence-corrected chi connectivity index (χ3v) is 4.75. The van der Waals surface area contributed by atoms with Crippen LogP contribution < -0.4 is 14.8 Å². The average Bonchev–Trinajstić information content (AvgIpc) is 2.69. The number of hydrogen-bond donors (Lipinski definition) is 1. The second kappa shape index (κ2) is 9.08. The van der Waals surface area contributed by atoms with Crippen LogP contribution in [-0.4, -0.2) is 13.0 Å². The zero-order valence-electron chi connectivity index (χ0n) is 14.8. The quantitative estimate of drug-likeness (QED) is 0.481. The van der Waals surface area contributed by atoms with E-state index in [4.69, 9.17) is 21.1 Å². The maximum Gasteiger partial charge on any atom is 0.255 e. The summed E-state index contributed by atoms with van der Waals surface area (Å²) in [5.74, 6) is 0.123. The molecular weight excluding hydrogens is 449 g/mol. The van der Waals surface area contributed by atoms with E-state index < -0.39 is 11.7 Å². The maximum atomic E-state index is 14.0. The van der Waals surface area contributed by atoms with Gasteiger partial charge in [0.1, 0.15) is 23.9 Å². The van der Waals surface area contributed by atoms with Gasteiger partial charge in [0.05, 0.1) is 17.8 Å². The molecule has 1 N–H and O–H groups in total. The Kier molecular flexibility index (Phi) is 6.54. The molecule has 0 heterocycles. The average molecular weight is 465 g/mol. The predicted molar refractivity (Wildman–Crippen MR) is 111 cm³/mol. The summed E-state index contributed by atoms with van der Waals surface area (Å²) in [5.41, 5.74) is 1.10. The van der Waals surface area contributed by atoms with Crippen LogP contribution >= 0.6 is 27.5 Å². The van der Waals surface area contributed by atoms with Gasteiger partial charge in [-0.3, -0.25) is 4.79 Å². The molecule has 0 saturated carbocycles. The highest BCUT2D eigenvalue weighted by Crippen LogP contribution is 2.27. The Morgan fingerprint density at radius 1 is 1.11 bits per heavy atom. The summed E-state index contributed by atoms with van der Waals surface area (Å²) >= 11 is 9.29. The Bertz CT molecular complexity index is 1010. The molecule has 0 atom stereocenters. The number of methoxy groups -OCH3 is 1. The summed E-state index contributed by atoms with van der Waals surface area (Å²) in [5, 5.41) is 3.05. The van der Waals surface area contributed by atoms with Crippen molar-refractivity contribution >= 4 is 39.1 Å². The minimum absolute atomic E-state index is 0.0953. The number of carbonyl (C=O) groups is 1. The second-order valence-electron chi connectivity index (χ2n) is 5.82. The van der Waals surface area contributed by atoms with E-state index >= 15 is 0 Å². The van der Waals surface area contributed by atoms with E-state index in [-0.39, 0.29) is 12.3 Å². The fourth-order valence-electron chi connectivity index (χ4n) is 2.54. The van der Waals surface area contributed by atoms with Crippen LogP contribution in [0.3, 0.4) is 0 Å². The molecule has 0 radical (unpaired) electrons. The van der Waals surface area contributed by atoms with Crippen LogP contribution in [0.25, 0.3) is 0 Å². The Balaban J connectivity index is 1.79. The number of halogens is 3. The van der Waals surface area contributed by atoms with Gasteiger partial charge in [0.2, 0.25) is 0 Å². The molecule has 0 aliphatic heterocycles. The van der Waals surface area contributed by atoms with Crippen molar-refractivity contribution in [1.82, 2.24) is 0 Å². The van der Waals surface area contributed by atoms with Crippen molar-refractivity contribution in [3.05, 3.63) is 87.1 Å². The molecule has 0 spiro atoms. The normalized spacial score (nSPS) is 10.4. The van der Waals surface area contributed by atoms with Crippen LogP contribution in [0.15, 0.2) is 65.1 Å². The fraction of sp³-hybridized carbons (Fsp3) is 0.0952. The third kappa shape index (κ3) is 4.82. The predicted octanol–water partition coefficient (Wildman–Crippen LogP) is 6.08. The molecule has 0 aliphatic rings. The topological polar surface area (TPSA) is 47.6 Å². The molecule has 0 saturated heterocycles. The van der Waals surface area contributed by atoms with Gasteiger partial charge in [0, 0.05) is 15.6 Å². The number of nitrogens with one attached hydrogen (secondary N) is 1. The lowest BCUT2D eigenvalue weighted by molar-refractivity contribution is 0.102. The van der Waals surface area contributed by atoms with E-state index in [1.165, 1.54) is 19.2 Å². The molecule has 0 bridgehead atoms. The molecule has 3 rings (SSSR count). The minimum atomic E-state index is -0.529. The number of amides is 1. The molecule has 1 amide bonds. The number of benzene rings is 3. The number of carbonyl (C=O) groups excluding carboxylic acids is 1. The van der Waals surface area contributed by atoms with E-state index in [1.807, 2.05) is 12.1 Å². The van der Waals surface area contributed by atoms with E-state index in [9.17, 15) is 9.18 Å². The third-order valence-electron chi connectivity index (χ3n) is 3.94. The van der Waals surface area contributed by atoms with Gasteiger partial charge in [0.25, 0.3) is 5.91 Å². The lowest BCUT2D eigenvalue weighted by atomic mass is 10.1. The molecule has 0 unspecified atom stereocenters. The van der Waals surface area contributed by atoms with Crippen LogP contribution in [0.1, 0.15) is 15.9 Å². The van der Waals surface area contributed by atoms with E-state index in [0.717, 1.165) is 0 Å². The van der Waals surface area contributed by atoms with Gasteiger partial charge in [0.15, 0.2) is 0 Å². The zero-order valence-corrected chi connectivity index (χ0v) is 17.2. The summed E-state index contributed by atoms with van der Waals surface area (Å²) in [4.78, 5) is 12.5. The summed E-state index contributed by atoms with van der Waals surface area (Å²) in [7, 11) is 1.53. The van der Waals surface area contributed by atoms with E-state index in [2.05, 4.69) is 21.2 Å². The zero-order chi connectivity index (χ0) is 20.1. The van der Waals surface area contributed by atoms with Crippen molar-refractivity contribution in [3.8, 4) is 11.5 Å². The molecule has 4 nitrogen and oxygen atoms in total. The highest BCUT2D eigenvalue weighted by molar-refractivity contribution is 9.10. The van der Waals surface area contributed by atoms with Crippen LogP contribution in [0.4, 0.5) is 10.1 Å². The molecule has 0 aromatic heterocycles. The molecule has 0 aliphatic carbocycles. The van der Waals surface area contributed by atoms with Crippen molar-refractivity contribution in [2.45, 2.75) is 6.61 Å². The highest BCUT2D eigenvalue weighted by atomic mass is 79.9. The van der Waals surface area contributed by atoms with Crippen molar-refractivity contribution in [3.63, 3.8) is 0 Å². The molecule has 28 heavy (non-hydrogen) atoms. The summed E-state index contributed by atoms with van der Waals surface area (Å²) in [6, 6.07) is 16.4. The first-order valence-electron chi connectivity index (χ1n) is 8.28. The first kappa shape index (κ1) is 20.2. The second-order valence-corrected chi connectivity index (χ2v) is 7.15. The van der Waals surface area contributed by atoms with Crippen molar-refractivity contribution < 1.29 is 18.7 Å². The summed E-state index contributed by atoms with van der Waals surface area (Å²) < 4.78 is 25.6. The Hall–Kier alpha value is -2.57. The summed E-state index contributed by atoms with van der Waals surface area (Å²) in [6.45, 7) is 0.153. The number of hydrogen-bond acceptors (Lipinski definition) is 3. The Morgan fingerprint density at radius 3 is 2.61 bits per heavy atom. The minimum Gasteiger partial charge on any atom is -0.496 e. The lowest BCUT2D eigenvalue weighted by Crippen LogP contribution is -2.14. The number of para-hydroxylation sites is 1. The van der Waals surface area contributed by atoms with Crippen LogP contribution in [0, 0.1) is 5.82 Å². The van der Waals surface area contributed by atoms with Crippen LogP contribution in [0.2, 0.25) is 5.02 Å². The van der Waals surface area contributed by atoms with Gasteiger partial charge >= 0.3 is 0 Å². The standard InChI is InChI=1S/C21H16BrClFNO3/c1-27-19-9-6-13(21(26)25-18-8-7-15(22)11-17(18)24)10-14(19)12-28-20-5-3-2-4-16(20)23/h2-11H,12H2,1H3,(H,25,26). The van der Waals surface area contributed by atoms with Crippen molar-refractivity contribution in [1.29, 1.82) is 0 Å². The first-order valence-corrected chi connectivity index (χ1v) is 9.45. The molecule has 3 aromatic carbocycles. The van der Waals surface area contributed by atoms with Crippen LogP contribution in [-0.2, 0) is 6.61 Å².